The van der Waals surface area contributed by atoms with Crippen molar-refractivity contribution >= 4 is 18.3 Å². The minimum absolute atomic E-state index is 0.0457. The van der Waals surface area contributed by atoms with Gasteiger partial charge < -0.3 is 19.6 Å². The standard InChI is InChI=1S/C18H17N5O4/c1-12-7-8-19-17(22-12)20-9-14-16(24)27-15(23-14)10-21-18(25)26-11-13-5-3-2-4-6-13/h2-9,24H,10-11H2,1H3,(H,21,25)/b20-9+. The molecule has 0 saturated carbocycles. The highest BCUT2D eigenvalue weighted by Crippen LogP contribution is 2.17. The molecule has 0 saturated heterocycles. The lowest BCUT2D eigenvalue weighted by Gasteiger charge is -2.05. The second-order valence-corrected chi connectivity index (χ2v) is 5.47. The van der Waals surface area contributed by atoms with Crippen molar-refractivity contribution in [2.45, 2.75) is 20.1 Å². The maximum atomic E-state index is 11.7. The van der Waals surface area contributed by atoms with Gasteiger partial charge in [0.05, 0.1) is 12.8 Å². The number of alkyl carbamates (subject to hydrolysis) is 1. The summed E-state index contributed by atoms with van der Waals surface area (Å²) in [5.74, 6) is -0.0711. The smallest absolute Gasteiger partial charge is 0.407 e. The first-order valence-electron chi connectivity index (χ1n) is 8.07. The second kappa shape index (κ2) is 8.56. The van der Waals surface area contributed by atoms with E-state index < -0.39 is 12.0 Å². The van der Waals surface area contributed by atoms with E-state index in [2.05, 4.69) is 25.3 Å². The number of carbonyl (C=O) groups is 1. The minimum Gasteiger partial charge on any atom is -0.479 e. The van der Waals surface area contributed by atoms with Gasteiger partial charge in [-0.2, -0.15) is 0 Å². The van der Waals surface area contributed by atoms with Crippen LogP contribution in [0.1, 0.15) is 22.8 Å². The van der Waals surface area contributed by atoms with Crippen LogP contribution in [-0.4, -0.2) is 32.4 Å². The minimum atomic E-state index is -0.625. The van der Waals surface area contributed by atoms with Crippen LogP contribution in [-0.2, 0) is 17.9 Å². The third-order valence-electron chi connectivity index (χ3n) is 3.36. The van der Waals surface area contributed by atoms with Crippen LogP contribution in [0.4, 0.5) is 10.7 Å². The first kappa shape index (κ1) is 18.1. The van der Waals surface area contributed by atoms with Crippen molar-refractivity contribution in [3.8, 4) is 5.95 Å². The van der Waals surface area contributed by atoms with Gasteiger partial charge in [0.15, 0.2) is 5.69 Å². The number of carbonyl (C=O) groups excluding carboxylic acids is 1. The summed E-state index contributed by atoms with van der Waals surface area (Å²) in [5.41, 5.74) is 1.74. The SMILES string of the molecule is Cc1ccnc(/N=C/c2nc(CNC(=O)OCc3ccccc3)oc2O)n1. The van der Waals surface area contributed by atoms with Gasteiger partial charge in [-0.1, -0.05) is 30.3 Å². The zero-order valence-corrected chi connectivity index (χ0v) is 14.5. The zero-order chi connectivity index (χ0) is 19.1. The van der Waals surface area contributed by atoms with E-state index in [9.17, 15) is 9.90 Å². The Morgan fingerprint density at radius 1 is 1.30 bits per heavy atom. The van der Waals surface area contributed by atoms with E-state index in [1.165, 1.54) is 6.21 Å². The number of hydrogen-bond acceptors (Lipinski definition) is 8. The number of aliphatic imine (C=N–C) groups is 1. The number of aromatic nitrogens is 3. The Morgan fingerprint density at radius 3 is 2.89 bits per heavy atom. The van der Waals surface area contributed by atoms with Gasteiger partial charge in [-0.3, -0.25) is 0 Å². The van der Waals surface area contributed by atoms with Crippen LogP contribution in [0.25, 0.3) is 0 Å². The van der Waals surface area contributed by atoms with E-state index in [4.69, 9.17) is 9.15 Å². The predicted molar refractivity (Wildman–Crippen MR) is 95.7 cm³/mol. The number of ether oxygens (including phenoxy) is 1. The molecule has 0 aliphatic rings. The molecule has 3 rings (SSSR count). The maximum Gasteiger partial charge on any atom is 0.407 e. The molecule has 2 aromatic heterocycles. The van der Waals surface area contributed by atoms with Gasteiger partial charge in [0, 0.05) is 11.9 Å². The quantitative estimate of drug-likeness (QED) is 0.642. The molecule has 0 radical (unpaired) electrons. The molecular formula is C18H17N5O4. The first-order valence-corrected chi connectivity index (χ1v) is 8.07. The number of oxazole rings is 1. The molecule has 0 atom stereocenters. The van der Waals surface area contributed by atoms with Gasteiger partial charge in [-0.25, -0.2) is 24.7 Å². The zero-order valence-electron chi connectivity index (χ0n) is 14.5. The van der Waals surface area contributed by atoms with E-state index in [-0.39, 0.29) is 30.7 Å². The molecular weight excluding hydrogens is 350 g/mol. The number of aryl methyl sites for hydroxylation is 1. The number of aromatic hydroxyl groups is 1. The summed E-state index contributed by atoms with van der Waals surface area (Å²) < 4.78 is 10.2. The van der Waals surface area contributed by atoms with Crippen molar-refractivity contribution < 1.29 is 19.1 Å². The Bertz CT molecular complexity index is 940. The van der Waals surface area contributed by atoms with Gasteiger partial charge in [0.25, 0.3) is 0 Å². The fraction of sp³-hybridized carbons (Fsp3) is 0.167. The summed E-state index contributed by atoms with van der Waals surface area (Å²) in [5, 5.41) is 12.3. The van der Waals surface area contributed by atoms with E-state index in [1.54, 1.807) is 12.3 Å². The highest BCUT2D eigenvalue weighted by atomic mass is 16.5. The van der Waals surface area contributed by atoms with Gasteiger partial charge in [0.2, 0.25) is 11.8 Å². The average molecular weight is 367 g/mol. The van der Waals surface area contributed by atoms with Gasteiger partial charge in [0.1, 0.15) is 6.61 Å². The molecule has 27 heavy (non-hydrogen) atoms. The van der Waals surface area contributed by atoms with Crippen LogP contribution in [0.15, 0.2) is 52.0 Å². The van der Waals surface area contributed by atoms with E-state index >= 15 is 0 Å². The number of amides is 1. The topological polar surface area (TPSA) is 123 Å². The van der Waals surface area contributed by atoms with Crippen LogP contribution in [0.3, 0.4) is 0 Å². The van der Waals surface area contributed by atoms with E-state index in [0.29, 0.717) is 0 Å². The second-order valence-electron chi connectivity index (χ2n) is 5.47. The number of nitrogens with zero attached hydrogens (tertiary/aromatic N) is 4. The predicted octanol–water partition coefficient (Wildman–Crippen LogP) is 2.66. The molecule has 9 nitrogen and oxygen atoms in total. The molecule has 1 aromatic carbocycles. The lowest BCUT2D eigenvalue weighted by atomic mass is 10.2. The normalized spacial score (nSPS) is 10.9. The average Bonchev–Trinajstić information content (AvgIpc) is 3.04. The molecule has 138 valence electrons. The molecule has 0 aliphatic carbocycles. The monoisotopic (exact) mass is 367 g/mol. The third kappa shape index (κ3) is 5.36. The molecule has 2 heterocycles. The van der Waals surface area contributed by atoms with Crippen LogP contribution in [0, 0.1) is 6.92 Å². The molecule has 3 aromatic rings. The molecule has 9 heteroatoms. The summed E-state index contributed by atoms with van der Waals surface area (Å²) in [4.78, 5) is 27.9. The molecule has 2 N–H and O–H groups in total. The van der Waals surface area contributed by atoms with Crippen LogP contribution >= 0.6 is 0 Å². The van der Waals surface area contributed by atoms with Crippen LogP contribution in [0.5, 0.6) is 5.95 Å². The number of hydrogen-bond donors (Lipinski definition) is 2. The summed E-state index contributed by atoms with van der Waals surface area (Å²) >= 11 is 0. The van der Waals surface area contributed by atoms with Crippen molar-refractivity contribution in [2.24, 2.45) is 4.99 Å². The van der Waals surface area contributed by atoms with Crippen LogP contribution in [0.2, 0.25) is 0 Å². The Hall–Kier alpha value is -3.75. The first-order chi connectivity index (χ1) is 13.1. The lowest BCUT2D eigenvalue weighted by molar-refractivity contribution is 0.138. The summed E-state index contributed by atoms with van der Waals surface area (Å²) in [6, 6.07) is 11.0. The molecule has 0 spiro atoms. The number of benzene rings is 1. The van der Waals surface area contributed by atoms with Crippen molar-refractivity contribution in [3.63, 3.8) is 0 Å². The van der Waals surface area contributed by atoms with E-state index in [0.717, 1.165) is 11.3 Å². The highest BCUT2D eigenvalue weighted by Gasteiger charge is 2.12. The maximum absolute atomic E-state index is 11.7. The van der Waals surface area contributed by atoms with Crippen molar-refractivity contribution in [2.75, 3.05) is 0 Å². The Kier molecular flexibility index (Phi) is 5.73. The Balaban J connectivity index is 1.52. The third-order valence-corrected chi connectivity index (χ3v) is 3.36. The van der Waals surface area contributed by atoms with E-state index in [1.807, 2.05) is 37.3 Å². The molecule has 1 amide bonds. The summed E-state index contributed by atoms with van der Waals surface area (Å²) in [6.07, 6.45) is 2.23. The lowest BCUT2D eigenvalue weighted by Crippen LogP contribution is -2.23. The Morgan fingerprint density at radius 2 is 2.11 bits per heavy atom. The van der Waals surface area contributed by atoms with Crippen LogP contribution < -0.4 is 5.32 Å². The number of rotatable bonds is 6. The fourth-order valence-corrected chi connectivity index (χ4v) is 2.07. The highest BCUT2D eigenvalue weighted by molar-refractivity contribution is 5.81. The number of nitrogens with one attached hydrogen (secondary N) is 1. The van der Waals surface area contributed by atoms with Gasteiger partial charge >= 0.3 is 12.0 Å². The largest absolute Gasteiger partial charge is 0.479 e. The van der Waals surface area contributed by atoms with Crippen molar-refractivity contribution in [1.29, 1.82) is 0 Å². The van der Waals surface area contributed by atoms with Gasteiger partial charge in [-0.05, 0) is 18.6 Å². The molecule has 0 fully saturated rings. The molecule has 0 bridgehead atoms. The molecule has 0 aliphatic heterocycles. The Labute approximate surface area is 154 Å². The summed E-state index contributed by atoms with van der Waals surface area (Å²) in [7, 11) is 0. The van der Waals surface area contributed by atoms with Gasteiger partial charge in [-0.15, -0.1) is 0 Å². The summed E-state index contributed by atoms with van der Waals surface area (Å²) in [6.45, 7) is 1.92. The van der Waals surface area contributed by atoms with Crippen molar-refractivity contribution in [3.05, 3.63) is 65.4 Å². The van der Waals surface area contributed by atoms with Crippen molar-refractivity contribution in [1.82, 2.24) is 20.3 Å². The molecule has 0 unspecified atom stereocenters. The fourth-order valence-electron chi connectivity index (χ4n) is 2.07.